The molecular weight excluding hydrogens is 521 g/mol. The van der Waals surface area contributed by atoms with E-state index >= 15 is 0 Å². The Balaban J connectivity index is 1.53. The molecule has 2 aromatic heterocycles. The minimum absolute atomic E-state index is 0.195. The summed E-state index contributed by atoms with van der Waals surface area (Å²) in [5, 5.41) is 14.1. The van der Waals surface area contributed by atoms with Crippen molar-refractivity contribution in [2.45, 2.75) is 33.9 Å². The summed E-state index contributed by atoms with van der Waals surface area (Å²) in [6.45, 7) is 6.17. The second-order valence-electron chi connectivity index (χ2n) is 9.17. The number of carbonyl (C=O) groups excluding carboxylic acids is 2. The number of Topliss-reactive ketones (excluding diaryl/α,β-unsaturated/α-hetero) is 1. The smallest absolute Gasteiger partial charge is 0.416 e. The number of halogens is 3. The first-order valence-electron chi connectivity index (χ1n) is 12.2. The molecule has 0 amide bonds. The van der Waals surface area contributed by atoms with Crippen molar-refractivity contribution in [3.8, 4) is 17.4 Å². The lowest BCUT2D eigenvalue weighted by atomic mass is 10.1. The SMILES string of the molecule is Cc1nn(-c2ccccc2)c(C)c1C=C(C#N)C(=O)OCC(=O)c1cc(C)n(-c2cccc(C(F)(F)F)c2)c1C. The maximum atomic E-state index is 13.2. The van der Waals surface area contributed by atoms with Crippen molar-refractivity contribution in [1.82, 2.24) is 14.3 Å². The first-order chi connectivity index (χ1) is 18.9. The average molecular weight is 547 g/mol. The maximum absolute atomic E-state index is 13.2. The molecule has 4 rings (SSSR count). The Bertz CT molecular complexity index is 1670. The fourth-order valence-corrected chi connectivity index (χ4v) is 4.52. The van der Waals surface area contributed by atoms with Crippen LogP contribution in [-0.2, 0) is 15.7 Å². The zero-order valence-electron chi connectivity index (χ0n) is 22.2. The number of carbonyl (C=O) groups is 2. The van der Waals surface area contributed by atoms with E-state index in [1.54, 1.807) is 25.5 Å². The molecule has 0 spiro atoms. The lowest BCUT2D eigenvalue weighted by molar-refractivity contribution is -0.138. The van der Waals surface area contributed by atoms with E-state index in [1.165, 1.54) is 28.8 Å². The van der Waals surface area contributed by atoms with Crippen LogP contribution in [-0.4, -0.2) is 32.7 Å². The third kappa shape index (κ3) is 5.59. The summed E-state index contributed by atoms with van der Waals surface area (Å²) >= 11 is 0. The molecule has 0 aliphatic carbocycles. The first kappa shape index (κ1) is 28.1. The molecule has 0 saturated heterocycles. The summed E-state index contributed by atoms with van der Waals surface area (Å²) in [7, 11) is 0. The quantitative estimate of drug-likeness (QED) is 0.118. The van der Waals surface area contributed by atoms with Crippen LogP contribution in [0.25, 0.3) is 17.5 Å². The number of para-hydroxylation sites is 1. The number of esters is 1. The molecule has 0 N–H and O–H groups in total. The second kappa shape index (κ2) is 11.1. The molecular formula is C30H25F3N4O3. The Labute approximate surface area is 228 Å². The van der Waals surface area contributed by atoms with E-state index < -0.39 is 30.1 Å². The standard InChI is InChI=1S/C30H25F3N4O3/c1-18-13-27(20(3)36(18)25-12-8-9-23(15-25)30(31,32)33)28(38)17-40-29(39)22(16-34)14-26-19(2)35-37(21(26)4)24-10-6-5-7-11-24/h5-15H,17H2,1-4H3. The van der Waals surface area contributed by atoms with Gasteiger partial charge < -0.3 is 9.30 Å². The van der Waals surface area contributed by atoms with Crippen molar-refractivity contribution in [3.63, 3.8) is 0 Å². The fourth-order valence-electron chi connectivity index (χ4n) is 4.52. The number of benzene rings is 2. The van der Waals surface area contributed by atoms with Gasteiger partial charge in [0.2, 0.25) is 5.78 Å². The van der Waals surface area contributed by atoms with E-state index in [-0.39, 0.29) is 16.8 Å². The van der Waals surface area contributed by atoms with E-state index in [1.807, 2.05) is 43.3 Å². The van der Waals surface area contributed by atoms with Gasteiger partial charge in [-0.05, 0) is 70.2 Å². The highest BCUT2D eigenvalue weighted by atomic mass is 19.4. The normalized spacial score (nSPS) is 11.8. The molecule has 204 valence electrons. The Morgan fingerprint density at radius 3 is 2.30 bits per heavy atom. The van der Waals surface area contributed by atoms with Crippen LogP contribution in [0, 0.1) is 39.0 Å². The van der Waals surface area contributed by atoms with Crippen molar-refractivity contribution in [3.05, 3.63) is 106 Å². The number of ether oxygens (including phenoxy) is 1. The monoisotopic (exact) mass is 546 g/mol. The molecule has 0 radical (unpaired) electrons. The van der Waals surface area contributed by atoms with Gasteiger partial charge in [-0.2, -0.15) is 23.5 Å². The molecule has 4 aromatic rings. The summed E-state index contributed by atoms with van der Waals surface area (Å²) in [4.78, 5) is 25.7. The number of alkyl halides is 3. The summed E-state index contributed by atoms with van der Waals surface area (Å²) in [5.74, 6) is -1.53. The molecule has 7 nitrogen and oxygen atoms in total. The predicted molar refractivity (Wildman–Crippen MR) is 142 cm³/mol. The lowest BCUT2D eigenvalue weighted by Gasteiger charge is -2.13. The third-order valence-corrected chi connectivity index (χ3v) is 6.47. The highest BCUT2D eigenvalue weighted by Gasteiger charge is 2.31. The van der Waals surface area contributed by atoms with Gasteiger partial charge in [-0.15, -0.1) is 0 Å². The van der Waals surface area contributed by atoms with Gasteiger partial charge >= 0.3 is 12.1 Å². The van der Waals surface area contributed by atoms with Crippen molar-refractivity contribution >= 4 is 17.8 Å². The summed E-state index contributed by atoms with van der Waals surface area (Å²) in [6, 6.07) is 17.5. The van der Waals surface area contributed by atoms with Gasteiger partial charge in [0.1, 0.15) is 11.6 Å². The number of hydrogen-bond acceptors (Lipinski definition) is 5. The molecule has 0 aliphatic heterocycles. The number of aryl methyl sites for hydroxylation is 2. The van der Waals surface area contributed by atoms with Crippen LogP contribution < -0.4 is 0 Å². The molecule has 0 saturated carbocycles. The van der Waals surface area contributed by atoms with E-state index in [0.717, 1.165) is 17.8 Å². The van der Waals surface area contributed by atoms with Crippen LogP contribution in [0.15, 0.2) is 66.2 Å². The Morgan fingerprint density at radius 2 is 1.65 bits per heavy atom. The van der Waals surface area contributed by atoms with Gasteiger partial charge in [0.05, 0.1) is 16.9 Å². The largest absolute Gasteiger partial charge is 0.453 e. The van der Waals surface area contributed by atoms with Gasteiger partial charge in [0.15, 0.2) is 6.61 Å². The molecule has 2 heterocycles. The highest BCUT2D eigenvalue weighted by Crippen LogP contribution is 2.31. The van der Waals surface area contributed by atoms with Crippen molar-refractivity contribution in [2.75, 3.05) is 6.61 Å². The second-order valence-corrected chi connectivity index (χ2v) is 9.17. The average Bonchev–Trinajstić information content (AvgIpc) is 3.39. The van der Waals surface area contributed by atoms with Crippen molar-refractivity contribution in [2.24, 2.45) is 0 Å². The van der Waals surface area contributed by atoms with Crippen LogP contribution in [0.2, 0.25) is 0 Å². The third-order valence-electron chi connectivity index (χ3n) is 6.47. The van der Waals surface area contributed by atoms with Crippen LogP contribution >= 0.6 is 0 Å². The Kier molecular flexibility index (Phi) is 7.77. The Hall–Kier alpha value is -4.91. The summed E-state index contributed by atoms with van der Waals surface area (Å²) < 4.78 is 48.0. The number of nitriles is 1. The summed E-state index contributed by atoms with van der Waals surface area (Å²) in [6.07, 6.45) is -3.13. The molecule has 0 bridgehead atoms. The van der Waals surface area contributed by atoms with E-state index in [4.69, 9.17) is 4.74 Å². The minimum Gasteiger partial charge on any atom is -0.453 e. The molecule has 40 heavy (non-hydrogen) atoms. The zero-order valence-corrected chi connectivity index (χ0v) is 22.2. The topological polar surface area (TPSA) is 89.9 Å². The van der Waals surface area contributed by atoms with Crippen molar-refractivity contribution in [1.29, 1.82) is 5.26 Å². The number of aromatic nitrogens is 3. The zero-order chi connectivity index (χ0) is 29.2. The maximum Gasteiger partial charge on any atom is 0.416 e. The van der Waals surface area contributed by atoms with E-state index in [2.05, 4.69) is 5.10 Å². The number of hydrogen-bond donors (Lipinski definition) is 0. The summed E-state index contributed by atoms with van der Waals surface area (Å²) in [5.41, 5.74) is 2.96. The first-order valence-corrected chi connectivity index (χ1v) is 12.2. The van der Waals surface area contributed by atoms with Crippen LogP contribution in [0.1, 0.15) is 44.3 Å². The van der Waals surface area contributed by atoms with Crippen LogP contribution in [0.4, 0.5) is 13.2 Å². The fraction of sp³-hybridized carbons (Fsp3) is 0.200. The molecule has 0 aliphatic rings. The highest BCUT2D eigenvalue weighted by molar-refractivity contribution is 6.02. The lowest BCUT2D eigenvalue weighted by Crippen LogP contribution is -2.16. The predicted octanol–water partition coefficient (Wildman–Crippen LogP) is 6.25. The molecule has 0 fully saturated rings. The molecule has 10 heteroatoms. The van der Waals surface area contributed by atoms with Crippen LogP contribution in [0.5, 0.6) is 0 Å². The van der Waals surface area contributed by atoms with E-state index in [9.17, 15) is 28.0 Å². The van der Waals surface area contributed by atoms with Gasteiger partial charge in [0.25, 0.3) is 0 Å². The van der Waals surface area contributed by atoms with Crippen molar-refractivity contribution < 1.29 is 27.5 Å². The van der Waals surface area contributed by atoms with Gasteiger partial charge in [-0.25, -0.2) is 9.48 Å². The number of rotatable bonds is 7. The van der Waals surface area contributed by atoms with Gasteiger partial charge in [-0.3, -0.25) is 4.79 Å². The van der Waals surface area contributed by atoms with Crippen LogP contribution in [0.3, 0.4) is 0 Å². The minimum atomic E-state index is -4.51. The Morgan fingerprint density at radius 1 is 0.975 bits per heavy atom. The molecule has 0 atom stereocenters. The number of ketones is 1. The molecule has 0 unspecified atom stereocenters. The van der Waals surface area contributed by atoms with Gasteiger partial charge in [0, 0.05) is 33.9 Å². The molecule has 2 aromatic carbocycles. The number of nitrogens with zero attached hydrogens (tertiary/aromatic N) is 4. The van der Waals surface area contributed by atoms with E-state index in [0.29, 0.717) is 28.3 Å². The van der Waals surface area contributed by atoms with Gasteiger partial charge in [-0.1, -0.05) is 24.3 Å².